The molecule has 1 saturated heterocycles. The fourth-order valence-electron chi connectivity index (χ4n) is 3.17. The van der Waals surface area contributed by atoms with Gasteiger partial charge in [-0.05, 0) is 81.5 Å². The van der Waals surface area contributed by atoms with Crippen molar-refractivity contribution in [2.24, 2.45) is 0 Å². The van der Waals surface area contributed by atoms with Crippen molar-refractivity contribution >= 4 is 23.2 Å². The molecule has 3 nitrogen and oxygen atoms in total. The van der Waals surface area contributed by atoms with Crippen molar-refractivity contribution in [3.63, 3.8) is 0 Å². The average Bonchev–Trinajstić information content (AvgIpc) is 2.82. The van der Waals surface area contributed by atoms with Gasteiger partial charge in [-0.2, -0.15) is 0 Å². The highest BCUT2D eigenvalue weighted by Crippen LogP contribution is 2.32. The molecule has 0 amide bonds. The number of hydrogen-bond acceptors (Lipinski definition) is 4. The lowest BCUT2D eigenvalue weighted by Crippen LogP contribution is -2.43. The highest BCUT2D eigenvalue weighted by molar-refractivity contribution is 7.99. The molecule has 1 aliphatic carbocycles. The number of Topliss-reactive ketones (excluding diaryl/α,β-unsaturated/α-hetero) is 1. The van der Waals surface area contributed by atoms with E-state index in [1.54, 1.807) is 6.92 Å². The van der Waals surface area contributed by atoms with Gasteiger partial charge in [0.25, 0.3) is 0 Å². The molecule has 0 bridgehead atoms. The minimum Gasteiger partial charge on any atom is -0.394 e. The first-order chi connectivity index (χ1) is 16.6. The van der Waals surface area contributed by atoms with Crippen molar-refractivity contribution < 1.29 is 25.2 Å². The molecule has 0 spiro atoms. The molecule has 1 heterocycles. The minimum absolute atomic E-state index is 0. The Morgan fingerprint density at radius 1 is 1.11 bits per heavy atom. The molecular formula is C27H42F4N2OS. The summed E-state index contributed by atoms with van der Waals surface area (Å²) in [6, 6.07) is 12.9. The SMILES string of the molecule is CC(=O)C1(F)CCCCC1.CCCSc1ccccc1.Cc1cc(F)c(N)c(F)c1.FC1CNC1.[HH].[HH]. The number of anilines is 1. The zero-order chi connectivity index (χ0) is 26.3. The molecule has 2 aromatic carbocycles. The Kier molecular flexibility index (Phi) is 14.7. The first-order valence-corrected chi connectivity index (χ1v) is 13.0. The standard InChI is InChI=1S/C9H12S.C8H13FO.C7H7F2N.C3H6FN.2H2/c1-2-8-10-9-6-4-3-5-7-9;1-7(10)8(9)5-3-2-4-6-8;1-4-2-5(8)7(10)6(9)3-4;4-3-1-5-2-3;;/h3-7H,2,8H2,1H3;2-6H2,1H3;2-3H,10H2,1H3;3,5H,1-2H2;2*1H. The van der Waals surface area contributed by atoms with E-state index in [4.69, 9.17) is 5.73 Å². The summed E-state index contributed by atoms with van der Waals surface area (Å²) >= 11 is 1.92. The van der Waals surface area contributed by atoms with E-state index in [1.165, 1.54) is 36.1 Å². The van der Waals surface area contributed by atoms with Crippen LogP contribution in [0.3, 0.4) is 0 Å². The lowest BCUT2D eigenvalue weighted by Gasteiger charge is -2.26. The molecule has 200 valence electrons. The number of nitrogens with two attached hydrogens (primary N) is 1. The topological polar surface area (TPSA) is 55.1 Å². The summed E-state index contributed by atoms with van der Waals surface area (Å²) in [5.41, 5.74) is 3.66. The van der Waals surface area contributed by atoms with Gasteiger partial charge in [-0.15, -0.1) is 11.8 Å². The summed E-state index contributed by atoms with van der Waals surface area (Å²) in [7, 11) is 0. The van der Waals surface area contributed by atoms with Crippen LogP contribution < -0.4 is 11.1 Å². The predicted octanol–water partition coefficient (Wildman–Crippen LogP) is 7.71. The number of hydrogen-bond donors (Lipinski definition) is 2. The minimum atomic E-state index is -1.46. The largest absolute Gasteiger partial charge is 0.394 e. The van der Waals surface area contributed by atoms with E-state index in [-0.39, 0.29) is 8.64 Å². The Labute approximate surface area is 214 Å². The number of nitrogen functional groups attached to an aromatic ring is 1. The van der Waals surface area contributed by atoms with Crippen LogP contribution >= 0.6 is 11.8 Å². The van der Waals surface area contributed by atoms with Crippen molar-refractivity contribution in [1.82, 2.24) is 5.32 Å². The first-order valence-electron chi connectivity index (χ1n) is 12.0. The smallest absolute Gasteiger partial charge is 0.168 e. The molecule has 0 radical (unpaired) electrons. The highest BCUT2D eigenvalue weighted by Gasteiger charge is 2.36. The second kappa shape index (κ2) is 16.6. The van der Waals surface area contributed by atoms with Crippen LogP contribution in [0.1, 0.15) is 60.8 Å². The second-order valence-corrected chi connectivity index (χ2v) is 9.81. The third kappa shape index (κ3) is 12.5. The molecule has 0 atom stereocenters. The van der Waals surface area contributed by atoms with E-state index in [0.29, 0.717) is 31.5 Å². The molecule has 4 rings (SSSR count). The molecule has 1 saturated carbocycles. The lowest BCUT2D eigenvalue weighted by molar-refractivity contribution is -0.130. The average molecular weight is 519 g/mol. The van der Waals surface area contributed by atoms with Crippen molar-refractivity contribution in [3.05, 3.63) is 59.7 Å². The number of aryl methyl sites for hydroxylation is 1. The van der Waals surface area contributed by atoms with Gasteiger partial charge in [0.1, 0.15) is 23.5 Å². The van der Waals surface area contributed by atoms with E-state index in [9.17, 15) is 22.4 Å². The van der Waals surface area contributed by atoms with E-state index in [0.717, 1.165) is 19.3 Å². The van der Waals surface area contributed by atoms with Crippen molar-refractivity contribution in [1.29, 1.82) is 0 Å². The molecule has 2 aromatic rings. The maximum absolute atomic E-state index is 13.3. The fraction of sp³-hybridized carbons (Fsp3) is 0.519. The Morgan fingerprint density at radius 2 is 1.63 bits per heavy atom. The summed E-state index contributed by atoms with van der Waals surface area (Å²) in [5, 5.41) is 2.79. The van der Waals surface area contributed by atoms with Crippen LogP contribution in [-0.2, 0) is 4.79 Å². The summed E-state index contributed by atoms with van der Waals surface area (Å²) in [4.78, 5) is 12.1. The Balaban J connectivity index is 0. The quantitative estimate of drug-likeness (QED) is 0.247. The van der Waals surface area contributed by atoms with Crippen LogP contribution in [0, 0.1) is 18.6 Å². The maximum Gasteiger partial charge on any atom is 0.168 e. The predicted molar refractivity (Wildman–Crippen MR) is 143 cm³/mol. The number of alkyl halides is 2. The molecule has 1 aliphatic heterocycles. The van der Waals surface area contributed by atoms with E-state index in [1.807, 2.05) is 11.8 Å². The Hall–Kier alpha value is -2.06. The van der Waals surface area contributed by atoms with Crippen molar-refractivity contribution in [2.45, 2.75) is 76.0 Å². The number of carbonyl (C=O) groups excluding carboxylic acids is 1. The van der Waals surface area contributed by atoms with Crippen LogP contribution in [0.2, 0.25) is 0 Å². The monoisotopic (exact) mass is 518 g/mol. The molecule has 0 unspecified atom stereocenters. The van der Waals surface area contributed by atoms with Gasteiger partial charge < -0.3 is 11.1 Å². The van der Waals surface area contributed by atoms with Crippen LogP contribution in [0.25, 0.3) is 0 Å². The number of carbonyl (C=O) groups is 1. The second-order valence-electron chi connectivity index (χ2n) is 8.64. The molecule has 2 aliphatic rings. The summed E-state index contributed by atoms with van der Waals surface area (Å²) in [6.45, 7) is 6.30. The van der Waals surface area contributed by atoms with Gasteiger partial charge in [0.2, 0.25) is 0 Å². The third-order valence-electron chi connectivity index (χ3n) is 5.45. The zero-order valence-corrected chi connectivity index (χ0v) is 21.7. The van der Waals surface area contributed by atoms with Gasteiger partial charge in [-0.25, -0.2) is 17.6 Å². The highest BCUT2D eigenvalue weighted by atomic mass is 32.2. The third-order valence-corrected chi connectivity index (χ3v) is 6.67. The number of ketones is 1. The normalized spacial score (nSPS) is 16.2. The molecule has 0 aromatic heterocycles. The molecule has 8 heteroatoms. The molecule has 3 N–H and O–H groups in total. The van der Waals surface area contributed by atoms with Crippen molar-refractivity contribution in [2.75, 3.05) is 24.6 Å². The maximum atomic E-state index is 13.3. The van der Waals surface area contributed by atoms with Crippen LogP contribution in [-0.4, -0.2) is 36.5 Å². The van der Waals surface area contributed by atoms with Gasteiger partial charge in [0.05, 0.1) is 0 Å². The summed E-state index contributed by atoms with van der Waals surface area (Å²) in [5.74, 6) is -0.452. The van der Waals surface area contributed by atoms with Gasteiger partial charge in [0.15, 0.2) is 11.5 Å². The molecule has 2 fully saturated rings. The number of benzene rings is 2. The number of thioether (sulfide) groups is 1. The van der Waals surface area contributed by atoms with E-state index in [2.05, 4.69) is 42.6 Å². The van der Waals surface area contributed by atoms with Crippen LogP contribution in [0.5, 0.6) is 0 Å². The van der Waals surface area contributed by atoms with Gasteiger partial charge in [0, 0.05) is 20.8 Å². The lowest BCUT2D eigenvalue weighted by atomic mass is 9.84. The first kappa shape index (κ1) is 31.0. The molecular weight excluding hydrogens is 476 g/mol. The summed E-state index contributed by atoms with van der Waals surface area (Å²) in [6.07, 6.45) is 4.42. The van der Waals surface area contributed by atoms with Crippen LogP contribution in [0.15, 0.2) is 47.4 Å². The van der Waals surface area contributed by atoms with Gasteiger partial charge >= 0.3 is 0 Å². The number of nitrogens with one attached hydrogen (secondary N) is 1. The van der Waals surface area contributed by atoms with Gasteiger partial charge in [-0.3, -0.25) is 4.79 Å². The fourth-order valence-corrected chi connectivity index (χ4v) is 3.95. The Morgan fingerprint density at radius 3 is 2.00 bits per heavy atom. The zero-order valence-electron chi connectivity index (χ0n) is 20.9. The van der Waals surface area contributed by atoms with E-state index >= 15 is 0 Å². The van der Waals surface area contributed by atoms with Crippen molar-refractivity contribution in [3.8, 4) is 0 Å². The summed E-state index contributed by atoms with van der Waals surface area (Å²) < 4.78 is 49.8. The Bertz CT molecular complexity index is 861. The van der Waals surface area contributed by atoms with Gasteiger partial charge in [-0.1, -0.05) is 31.5 Å². The number of halogens is 4. The molecule has 35 heavy (non-hydrogen) atoms. The van der Waals surface area contributed by atoms with Crippen LogP contribution in [0.4, 0.5) is 23.2 Å². The number of rotatable bonds is 4. The van der Waals surface area contributed by atoms with E-state index < -0.39 is 29.2 Å².